The van der Waals surface area contributed by atoms with Crippen LogP contribution in [0.25, 0.3) is 11.4 Å². The zero-order chi connectivity index (χ0) is 13.8. The monoisotopic (exact) mass is 257 g/mol. The zero-order valence-electron chi connectivity index (χ0n) is 11.6. The van der Waals surface area contributed by atoms with Crippen LogP contribution >= 0.6 is 0 Å². The van der Waals surface area contributed by atoms with Crippen molar-refractivity contribution in [2.45, 2.75) is 26.4 Å². The Morgan fingerprint density at radius 2 is 1.84 bits per heavy atom. The van der Waals surface area contributed by atoms with Crippen LogP contribution in [0.2, 0.25) is 0 Å². The number of ether oxygens (including phenoxy) is 1. The minimum Gasteiger partial charge on any atom is -0.399 e. The Kier molecular flexibility index (Phi) is 4.12. The van der Waals surface area contributed by atoms with Crippen molar-refractivity contribution in [2.24, 2.45) is 0 Å². The second-order valence-electron chi connectivity index (χ2n) is 4.82. The summed E-state index contributed by atoms with van der Waals surface area (Å²) in [5.41, 5.74) is 9.32. The first-order chi connectivity index (χ1) is 9.10. The third-order valence-corrected chi connectivity index (χ3v) is 2.85. The Balaban J connectivity index is 2.46. The fourth-order valence-corrected chi connectivity index (χ4v) is 1.80. The van der Waals surface area contributed by atoms with Gasteiger partial charge in [0.25, 0.3) is 0 Å². The van der Waals surface area contributed by atoms with E-state index in [1.807, 2.05) is 30.3 Å². The molecule has 0 fully saturated rings. The van der Waals surface area contributed by atoms with Crippen molar-refractivity contribution in [2.75, 3.05) is 12.8 Å². The van der Waals surface area contributed by atoms with Crippen LogP contribution < -0.4 is 5.73 Å². The molecule has 0 saturated heterocycles. The van der Waals surface area contributed by atoms with Gasteiger partial charge in [-0.15, -0.1) is 0 Å². The lowest BCUT2D eigenvalue weighted by molar-refractivity contribution is 0.181. The van der Waals surface area contributed by atoms with Crippen molar-refractivity contribution < 1.29 is 4.74 Å². The molecule has 0 spiro atoms. The molecule has 1 heterocycles. The van der Waals surface area contributed by atoms with Crippen LogP contribution in [0.5, 0.6) is 0 Å². The van der Waals surface area contributed by atoms with Crippen LogP contribution in [0.1, 0.15) is 31.2 Å². The highest BCUT2D eigenvalue weighted by molar-refractivity contribution is 5.58. The molecule has 0 aliphatic heterocycles. The Labute approximate surface area is 113 Å². The lowest BCUT2D eigenvalue weighted by atomic mass is 10.1. The van der Waals surface area contributed by atoms with Gasteiger partial charge in [-0.3, -0.25) is 0 Å². The number of benzene rings is 1. The Hall–Kier alpha value is -1.94. The van der Waals surface area contributed by atoms with Gasteiger partial charge in [-0.1, -0.05) is 13.8 Å². The average Bonchev–Trinajstić information content (AvgIpc) is 2.39. The largest absolute Gasteiger partial charge is 0.399 e. The number of aromatic nitrogens is 2. The summed E-state index contributed by atoms with van der Waals surface area (Å²) in [6.07, 6.45) is 0. The van der Waals surface area contributed by atoms with E-state index in [0.29, 0.717) is 12.5 Å². The van der Waals surface area contributed by atoms with Crippen molar-refractivity contribution in [1.82, 2.24) is 9.97 Å². The Bertz CT molecular complexity index is 550. The molecule has 100 valence electrons. The van der Waals surface area contributed by atoms with Crippen LogP contribution in [0.15, 0.2) is 30.3 Å². The van der Waals surface area contributed by atoms with Gasteiger partial charge in [-0.05, 0) is 36.2 Å². The number of hydrogen-bond acceptors (Lipinski definition) is 4. The minimum atomic E-state index is 0.353. The summed E-state index contributed by atoms with van der Waals surface area (Å²) in [7, 11) is 1.67. The van der Waals surface area contributed by atoms with Gasteiger partial charge in [0, 0.05) is 24.1 Å². The fraction of sp³-hybridized carbons (Fsp3) is 0.333. The van der Waals surface area contributed by atoms with Gasteiger partial charge in [0.15, 0.2) is 5.82 Å². The van der Waals surface area contributed by atoms with E-state index < -0.39 is 0 Å². The van der Waals surface area contributed by atoms with E-state index in [0.717, 1.165) is 28.5 Å². The second-order valence-corrected chi connectivity index (χ2v) is 4.82. The van der Waals surface area contributed by atoms with Crippen LogP contribution in [0, 0.1) is 0 Å². The molecule has 2 N–H and O–H groups in total. The van der Waals surface area contributed by atoms with Crippen LogP contribution in [-0.2, 0) is 11.3 Å². The van der Waals surface area contributed by atoms with Crippen LogP contribution in [-0.4, -0.2) is 17.1 Å². The van der Waals surface area contributed by atoms with Gasteiger partial charge >= 0.3 is 0 Å². The number of nitrogen functional groups attached to an aromatic ring is 1. The molecule has 0 saturated carbocycles. The molecule has 2 aromatic rings. The number of nitrogens with zero attached hydrogens (tertiary/aromatic N) is 2. The van der Waals surface area contributed by atoms with Crippen LogP contribution in [0.4, 0.5) is 5.69 Å². The molecule has 0 atom stereocenters. The van der Waals surface area contributed by atoms with Gasteiger partial charge in [-0.2, -0.15) is 0 Å². The van der Waals surface area contributed by atoms with E-state index in [4.69, 9.17) is 10.5 Å². The summed E-state index contributed by atoms with van der Waals surface area (Å²) in [4.78, 5) is 9.14. The molecule has 1 aromatic carbocycles. The molecule has 19 heavy (non-hydrogen) atoms. The molecule has 0 amide bonds. The SMILES string of the molecule is COCc1cc(C(C)C)nc(-c2ccc(N)cc2)n1. The summed E-state index contributed by atoms with van der Waals surface area (Å²) in [6.45, 7) is 4.72. The molecule has 4 nitrogen and oxygen atoms in total. The lowest BCUT2D eigenvalue weighted by Crippen LogP contribution is -2.03. The zero-order valence-corrected chi connectivity index (χ0v) is 11.6. The maximum absolute atomic E-state index is 5.70. The van der Waals surface area contributed by atoms with Crippen molar-refractivity contribution in [3.8, 4) is 11.4 Å². The number of methoxy groups -OCH3 is 1. The number of hydrogen-bond donors (Lipinski definition) is 1. The smallest absolute Gasteiger partial charge is 0.159 e. The lowest BCUT2D eigenvalue weighted by Gasteiger charge is -2.10. The summed E-state index contributed by atoms with van der Waals surface area (Å²) in [5, 5.41) is 0. The maximum atomic E-state index is 5.70. The molecule has 0 aliphatic rings. The van der Waals surface area contributed by atoms with Gasteiger partial charge in [0.05, 0.1) is 12.3 Å². The second kappa shape index (κ2) is 5.80. The van der Waals surface area contributed by atoms with E-state index in [2.05, 4.69) is 23.8 Å². The number of nitrogens with two attached hydrogens (primary N) is 1. The van der Waals surface area contributed by atoms with Gasteiger partial charge in [-0.25, -0.2) is 9.97 Å². The number of rotatable bonds is 4. The molecular weight excluding hydrogens is 238 g/mol. The highest BCUT2D eigenvalue weighted by Gasteiger charge is 2.09. The molecule has 2 rings (SSSR count). The summed E-state index contributed by atoms with van der Waals surface area (Å²) >= 11 is 0. The molecule has 0 aliphatic carbocycles. The summed E-state index contributed by atoms with van der Waals surface area (Å²) in [6, 6.07) is 9.58. The topological polar surface area (TPSA) is 61.0 Å². The van der Waals surface area contributed by atoms with Gasteiger partial charge in [0.1, 0.15) is 0 Å². The Morgan fingerprint density at radius 1 is 1.16 bits per heavy atom. The predicted molar refractivity (Wildman–Crippen MR) is 76.7 cm³/mol. The van der Waals surface area contributed by atoms with E-state index in [-0.39, 0.29) is 0 Å². The minimum absolute atomic E-state index is 0.353. The molecule has 0 unspecified atom stereocenters. The quantitative estimate of drug-likeness (QED) is 0.855. The predicted octanol–water partition coefficient (Wildman–Crippen LogP) is 3.00. The van der Waals surface area contributed by atoms with E-state index in [9.17, 15) is 0 Å². The highest BCUT2D eigenvalue weighted by atomic mass is 16.5. The first kappa shape index (κ1) is 13.5. The van der Waals surface area contributed by atoms with Crippen molar-refractivity contribution in [3.05, 3.63) is 41.7 Å². The third-order valence-electron chi connectivity index (χ3n) is 2.85. The van der Waals surface area contributed by atoms with E-state index in [1.54, 1.807) is 7.11 Å². The number of anilines is 1. The summed E-state index contributed by atoms with van der Waals surface area (Å²) in [5.74, 6) is 1.07. The highest BCUT2D eigenvalue weighted by Crippen LogP contribution is 2.21. The fourth-order valence-electron chi connectivity index (χ4n) is 1.80. The molecule has 4 heteroatoms. The third kappa shape index (κ3) is 3.29. The first-order valence-corrected chi connectivity index (χ1v) is 6.33. The van der Waals surface area contributed by atoms with Gasteiger partial charge < -0.3 is 10.5 Å². The molecular formula is C15H19N3O. The first-order valence-electron chi connectivity index (χ1n) is 6.33. The maximum Gasteiger partial charge on any atom is 0.159 e. The van der Waals surface area contributed by atoms with E-state index >= 15 is 0 Å². The molecule has 1 aromatic heterocycles. The van der Waals surface area contributed by atoms with E-state index in [1.165, 1.54) is 0 Å². The van der Waals surface area contributed by atoms with Crippen LogP contribution in [0.3, 0.4) is 0 Å². The molecule has 0 bridgehead atoms. The normalized spacial score (nSPS) is 10.9. The average molecular weight is 257 g/mol. The Morgan fingerprint density at radius 3 is 2.42 bits per heavy atom. The standard InChI is InChI=1S/C15H19N3O/c1-10(2)14-8-13(9-19-3)17-15(18-14)11-4-6-12(16)7-5-11/h4-8,10H,9,16H2,1-3H3. The van der Waals surface area contributed by atoms with Crippen molar-refractivity contribution in [1.29, 1.82) is 0 Å². The summed E-state index contributed by atoms with van der Waals surface area (Å²) < 4.78 is 5.16. The van der Waals surface area contributed by atoms with Crippen molar-refractivity contribution >= 4 is 5.69 Å². The van der Waals surface area contributed by atoms with Crippen molar-refractivity contribution in [3.63, 3.8) is 0 Å². The van der Waals surface area contributed by atoms with Gasteiger partial charge in [0.2, 0.25) is 0 Å². The molecule has 0 radical (unpaired) electrons.